The van der Waals surface area contributed by atoms with Gasteiger partial charge in [-0.2, -0.15) is 5.10 Å². The lowest BCUT2D eigenvalue weighted by molar-refractivity contribution is -0.132. The predicted octanol–water partition coefficient (Wildman–Crippen LogP) is 1.94. The van der Waals surface area contributed by atoms with Gasteiger partial charge >= 0.3 is 0 Å². The molecule has 1 saturated heterocycles. The summed E-state index contributed by atoms with van der Waals surface area (Å²) in [7, 11) is 1.68. The first-order valence-electron chi connectivity index (χ1n) is 10.9. The van der Waals surface area contributed by atoms with Crippen LogP contribution in [0.1, 0.15) is 18.5 Å². The molecular formula is C22H23ClFN7O2. The highest BCUT2D eigenvalue weighted by molar-refractivity contribution is 6.30. The summed E-state index contributed by atoms with van der Waals surface area (Å²) in [4.78, 5) is 29.0. The molecule has 9 nitrogen and oxygen atoms in total. The quantitative estimate of drug-likeness (QED) is 0.565. The number of piperazine rings is 1. The highest BCUT2D eigenvalue weighted by Crippen LogP contribution is 2.31. The Labute approximate surface area is 194 Å². The van der Waals surface area contributed by atoms with Crippen LogP contribution in [0, 0.1) is 11.7 Å². The van der Waals surface area contributed by atoms with Crippen molar-refractivity contribution in [3.8, 4) is 11.3 Å². The molecule has 2 aromatic heterocycles. The Balaban J connectivity index is 1.33. The van der Waals surface area contributed by atoms with Crippen LogP contribution in [0.3, 0.4) is 0 Å². The summed E-state index contributed by atoms with van der Waals surface area (Å²) >= 11 is 5.86. The standard InChI is InChI=1S/C22H23ClFN7O2/c1-28-19(21(26-27-28)17-5-4-15(23)10-18(17)24)13-31-20(32)11-16(12-25-31)29-6-8-30(9-7-29)22(33)14-2-3-14/h4-5,10-12,14H,2-3,6-9,13H2,1H3. The van der Waals surface area contributed by atoms with Gasteiger partial charge in [-0.15, -0.1) is 5.10 Å². The van der Waals surface area contributed by atoms with Crippen LogP contribution in [-0.2, 0) is 18.4 Å². The van der Waals surface area contributed by atoms with Gasteiger partial charge in [0.15, 0.2) is 0 Å². The van der Waals surface area contributed by atoms with Crippen LogP contribution in [0.5, 0.6) is 0 Å². The number of aromatic nitrogens is 5. The number of rotatable bonds is 5. The van der Waals surface area contributed by atoms with Crippen molar-refractivity contribution in [1.29, 1.82) is 0 Å². The monoisotopic (exact) mass is 471 g/mol. The van der Waals surface area contributed by atoms with Crippen LogP contribution in [0.4, 0.5) is 10.1 Å². The summed E-state index contributed by atoms with van der Waals surface area (Å²) in [5, 5.41) is 12.7. The fourth-order valence-electron chi connectivity index (χ4n) is 4.08. The van der Waals surface area contributed by atoms with Crippen molar-refractivity contribution in [3.05, 3.63) is 57.3 Å². The minimum absolute atomic E-state index is 0.0870. The molecule has 1 aromatic carbocycles. The molecule has 3 heterocycles. The molecule has 2 aliphatic rings. The Morgan fingerprint density at radius 3 is 2.61 bits per heavy atom. The minimum atomic E-state index is -0.515. The van der Waals surface area contributed by atoms with Crippen LogP contribution >= 0.6 is 11.6 Å². The van der Waals surface area contributed by atoms with Gasteiger partial charge in [-0.3, -0.25) is 9.59 Å². The summed E-state index contributed by atoms with van der Waals surface area (Å²) in [6.45, 7) is 2.71. The summed E-state index contributed by atoms with van der Waals surface area (Å²) < 4.78 is 17.3. The molecule has 2 fully saturated rings. The van der Waals surface area contributed by atoms with Crippen molar-refractivity contribution < 1.29 is 9.18 Å². The summed E-state index contributed by atoms with van der Waals surface area (Å²) in [6, 6.07) is 5.87. The Morgan fingerprint density at radius 1 is 1.18 bits per heavy atom. The van der Waals surface area contributed by atoms with Crippen LogP contribution < -0.4 is 10.5 Å². The van der Waals surface area contributed by atoms with E-state index in [-0.39, 0.29) is 34.5 Å². The Hall–Kier alpha value is -3.27. The Morgan fingerprint density at radius 2 is 1.94 bits per heavy atom. The van der Waals surface area contributed by atoms with Gasteiger partial charge < -0.3 is 9.80 Å². The van der Waals surface area contributed by atoms with E-state index < -0.39 is 5.82 Å². The number of aryl methyl sites for hydroxylation is 1. The van der Waals surface area contributed by atoms with Gasteiger partial charge in [0.25, 0.3) is 5.56 Å². The van der Waals surface area contributed by atoms with Crippen molar-refractivity contribution in [2.45, 2.75) is 19.4 Å². The molecule has 172 valence electrons. The number of amides is 1. The maximum atomic E-state index is 14.5. The first-order valence-corrected chi connectivity index (χ1v) is 11.2. The van der Waals surface area contributed by atoms with E-state index in [0.717, 1.165) is 18.5 Å². The van der Waals surface area contributed by atoms with E-state index in [1.807, 2.05) is 4.90 Å². The lowest BCUT2D eigenvalue weighted by atomic mass is 10.1. The fraction of sp³-hybridized carbons (Fsp3) is 0.409. The van der Waals surface area contributed by atoms with Crippen LogP contribution in [0.25, 0.3) is 11.3 Å². The van der Waals surface area contributed by atoms with Crippen LogP contribution in [-0.4, -0.2) is 61.8 Å². The van der Waals surface area contributed by atoms with E-state index in [2.05, 4.69) is 20.3 Å². The van der Waals surface area contributed by atoms with Gasteiger partial charge in [-0.25, -0.2) is 13.8 Å². The third kappa shape index (κ3) is 4.35. The van der Waals surface area contributed by atoms with E-state index in [9.17, 15) is 14.0 Å². The molecule has 0 bridgehead atoms. The topological polar surface area (TPSA) is 89.2 Å². The van der Waals surface area contributed by atoms with Gasteiger partial charge in [0.1, 0.15) is 11.5 Å². The lowest BCUT2D eigenvalue weighted by Gasteiger charge is -2.36. The van der Waals surface area contributed by atoms with Crippen molar-refractivity contribution in [1.82, 2.24) is 29.7 Å². The molecule has 1 aliphatic carbocycles. The van der Waals surface area contributed by atoms with Crippen molar-refractivity contribution in [2.24, 2.45) is 13.0 Å². The predicted molar refractivity (Wildman–Crippen MR) is 121 cm³/mol. The van der Waals surface area contributed by atoms with Crippen molar-refractivity contribution in [2.75, 3.05) is 31.1 Å². The Kier molecular flexibility index (Phi) is 5.61. The van der Waals surface area contributed by atoms with Crippen molar-refractivity contribution in [3.63, 3.8) is 0 Å². The Bertz CT molecular complexity index is 1260. The molecule has 11 heteroatoms. The number of benzene rings is 1. The second-order valence-corrected chi connectivity index (χ2v) is 8.87. The van der Waals surface area contributed by atoms with Gasteiger partial charge in [-0.1, -0.05) is 16.8 Å². The summed E-state index contributed by atoms with van der Waals surface area (Å²) in [6.07, 6.45) is 3.64. The highest BCUT2D eigenvalue weighted by Gasteiger charge is 2.34. The number of hydrogen-bond donors (Lipinski definition) is 0. The lowest BCUT2D eigenvalue weighted by Crippen LogP contribution is -2.49. The number of carbonyl (C=O) groups is 1. The largest absolute Gasteiger partial charge is 0.367 e. The normalized spacial score (nSPS) is 16.3. The minimum Gasteiger partial charge on any atom is -0.367 e. The van der Waals surface area contributed by atoms with Crippen LogP contribution in [0.15, 0.2) is 35.3 Å². The van der Waals surface area contributed by atoms with Gasteiger partial charge in [0.2, 0.25) is 5.91 Å². The molecule has 1 aliphatic heterocycles. The molecule has 5 rings (SSSR count). The third-order valence-corrected chi connectivity index (χ3v) is 6.40. The molecule has 0 atom stereocenters. The molecule has 0 spiro atoms. The summed E-state index contributed by atoms with van der Waals surface area (Å²) in [5.74, 6) is -0.0463. The molecule has 1 amide bonds. The molecule has 0 unspecified atom stereocenters. The maximum absolute atomic E-state index is 14.5. The molecule has 0 N–H and O–H groups in total. The molecule has 1 saturated carbocycles. The number of halogens is 2. The molecular weight excluding hydrogens is 449 g/mol. The van der Waals surface area contributed by atoms with Gasteiger partial charge in [-0.05, 0) is 31.0 Å². The first kappa shape index (κ1) is 21.6. The van der Waals surface area contributed by atoms with Gasteiger partial charge in [0.05, 0.1) is 24.1 Å². The smallest absolute Gasteiger partial charge is 0.269 e. The van der Waals surface area contributed by atoms with E-state index in [1.165, 1.54) is 27.6 Å². The fourth-order valence-corrected chi connectivity index (χ4v) is 4.23. The number of anilines is 1. The molecule has 33 heavy (non-hydrogen) atoms. The molecule has 3 aromatic rings. The number of carbonyl (C=O) groups excluding carboxylic acids is 1. The van der Waals surface area contributed by atoms with E-state index in [1.54, 1.807) is 19.3 Å². The zero-order chi connectivity index (χ0) is 23.1. The van der Waals surface area contributed by atoms with E-state index >= 15 is 0 Å². The van der Waals surface area contributed by atoms with Gasteiger partial charge in [0, 0.05) is 55.8 Å². The van der Waals surface area contributed by atoms with Crippen molar-refractivity contribution >= 4 is 23.2 Å². The highest BCUT2D eigenvalue weighted by atomic mass is 35.5. The second kappa shape index (κ2) is 8.58. The zero-order valence-electron chi connectivity index (χ0n) is 18.1. The SMILES string of the molecule is Cn1nnc(-c2ccc(Cl)cc2F)c1Cn1ncc(N2CCN(C(=O)C3CC3)CC2)cc1=O. The maximum Gasteiger partial charge on any atom is 0.269 e. The molecule has 0 radical (unpaired) electrons. The zero-order valence-corrected chi connectivity index (χ0v) is 18.9. The average Bonchev–Trinajstić information content (AvgIpc) is 3.59. The van der Waals surface area contributed by atoms with E-state index in [4.69, 9.17) is 11.6 Å². The average molecular weight is 472 g/mol. The first-order chi connectivity index (χ1) is 15.9. The number of nitrogens with zero attached hydrogens (tertiary/aromatic N) is 7. The van der Waals surface area contributed by atoms with Crippen LogP contribution in [0.2, 0.25) is 5.02 Å². The van der Waals surface area contributed by atoms with E-state index in [0.29, 0.717) is 37.6 Å². The third-order valence-electron chi connectivity index (χ3n) is 6.17. The second-order valence-electron chi connectivity index (χ2n) is 8.43. The number of hydrogen-bond acceptors (Lipinski definition) is 6. The summed E-state index contributed by atoms with van der Waals surface area (Å²) in [5.41, 5.74) is 1.58.